The lowest BCUT2D eigenvalue weighted by Gasteiger charge is -2.32. The second-order valence-electron chi connectivity index (χ2n) is 8.00. The molecule has 1 aliphatic rings. The second-order valence-corrected chi connectivity index (χ2v) is 8.00. The summed E-state index contributed by atoms with van der Waals surface area (Å²) >= 11 is 0. The van der Waals surface area contributed by atoms with E-state index in [1.165, 1.54) is 11.6 Å². The highest BCUT2D eigenvalue weighted by Crippen LogP contribution is 2.27. The Morgan fingerprint density at radius 1 is 0.933 bits per heavy atom. The molecule has 0 spiro atoms. The number of halogens is 1. The Hall–Kier alpha value is -3.01. The molecule has 2 heterocycles. The fourth-order valence-corrected chi connectivity index (χ4v) is 4.16. The van der Waals surface area contributed by atoms with Crippen molar-refractivity contribution in [3.8, 4) is 0 Å². The number of pyridine rings is 1. The van der Waals surface area contributed by atoms with Crippen LogP contribution in [0.1, 0.15) is 47.7 Å². The highest BCUT2D eigenvalue weighted by Gasteiger charge is 2.24. The van der Waals surface area contributed by atoms with Crippen LogP contribution in [0, 0.1) is 5.82 Å². The van der Waals surface area contributed by atoms with E-state index in [9.17, 15) is 9.18 Å². The van der Waals surface area contributed by atoms with Gasteiger partial charge in [-0.25, -0.2) is 4.39 Å². The maximum atomic E-state index is 13.4. The second kappa shape index (κ2) is 9.66. The van der Waals surface area contributed by atoms with E-state index >= 15 is 0 Å². The van der Waals surface area contributed by atoms with Gasteiger partial charge in [-0.05, 0) is 54.7 Å². The van der Waals surface area contributed by atoms with Gasteiger partial charge in [0, 0.05) is 43.2 Å². The van der Waals surface area contributed by atoms with Gasteiger partial charge in [0.1, 0.15) is 5.82 Å². The van der Waals surface area contributed by atoms with Crippen molar-refractivity contribution in [2.24, 2.45) is 0 Å². The van der Waals surface area contributed by atoms with Gasteiger partial charge in [-0.3, -0.25) is 9.78 Å². The third-order valence-corrected chi connectivity index (χ3v) is 5.84. The van der Waals surface area contributed by atoms with Crippen LogP contribution < -0.4 is 0 Å². The van der Waals surface area contributed by atoms with E-state index in [0.717, 1.165) is 49.3 Å². The Morgan fingerprint density at radius 2 is 1.67 bits per heavy atom. The number of likely N-dealkylation sites (tertiary alicyclic amines) is 1. The molecule has 1 amide bonds. The zero-order chi connectivity index (χ0) is 20.8. The largest absolute Gasteiger partial charge is 0.343 e. The van der Waals surface area contributed by atoms with Gasteiger partial charge in [0.05, 0.1) is 0 Å². The molecule has 4 heteroatoms. The molecule has 0 atom stereocenters. The summed E-state index contributed by atoms with van der Waals surface area (Å²) in [6, 6.07) is 23.0. The predicted molar refractivity (Wildman–Crippen MR) is 117 cm³/mol. The minimum atomic E-state index is -0.215. The molecular formula is C26H27FN2O. The van der Waals surface area contributed by atoms with Crippen LogP contribution >= 0.6 is 0 Å². The molecule has 3 nitrogen and oxygen atoms in total. The average Bonchev–Trinajstić information content (AvgIpc) is 2.78. The molecule has 1 saturated heterocycles. The van der Waals surface area contributed by atoms with Gasteiger partial charge in [-0.1, -0.05) is 48.5 Å². The Labute approximate surface area is 177 Å². The van der Waals surface area contributed by atoms with E-state index in [4.69, 9.17) is 4.98 Å². The number of hydrogen-bond acceptors (Lipinski definition) is 2. The van der Waals surface area contributed by atoms with Crippen LogP contribution in [0.2, 0.25) is 0 Å². The summed E-state index contributed by atoms with van der Waals surface area (Å²) in [5.41, 5.74) is 4.18. The molecule has 1 aliphatic heterocycles. The van der Waals surface area contributed by atoms with Gasteiger partial charge in [0.15, 0.2) is 0 Å². The minimum Gasteiger partial charge on any atom is -0.343 e. The fraction of sp³-hybridized carbons (Fsp3) is 0.308. The molecule has 0 unspecified atom stereocenters. The number of hydrogen-bond donors (Lipinski definition) is 0. The molecular weight excluding hydrogens is 375 g/mol. The van der Waals surface area contributed by atoms with Crippen LogP contribution in [0.5, 0.6) is 0 Å². The molecule has 0 aliphatic carbocycles. The number of piperidine rings is 1. The zero-order valence-electron chi connectivity index (χ0n) is 17.1. The Bertz CT molecular complexity index is 981. The van der Waals surface area contributed by atoms with Gasteiger partial charge in [-0.2, -0.15) is 0 Å². The Balaban J connectivity index is 1.31. The van der Waals surface area contributed by atoms with Gasteiger partial charge in [-0.15, -0.1) is 0 Å². The van der Waals surface area contributed by atoms with Crippen LogP contribution in [-0.2, 0) is 17.6 Å². The van der Waals surface area contributed by atoms with E-state index in [-0.39, 0.29) is 11.7 Å². The van der Waals surface area contributed by atoms with E-state index < -0.39 is 0 Å². The normalized spacial score (nSPS) is 14.6. The van der Waals surface area contributed by atoms with Gasteiger partial charge in [0.2, 0.25) is 5.91 Å². The molecule has 0 bridgehead atoms. The molecule has 0 saturated carbocycles. The molecule has 0 radical (unpaired) electrons. The number of nitrogens with zero attached hydrogens (tertiary/aromatic N) is 2. The molecule has 2 aromatic carbocycles. The van der Waals surface area contributed by atoms with Crippen molar-refractivity contribution >= 4 is 5.91 Å². The van der Waals surface area contributed by atoms with E-state index in [0.29, 0.717) is 18.8 Å². The van der Waals surface area contributed by atoms with Gasteiger partial charge in [0.25, 0.3) is 0 Å². The maximum Gasteiger partial charge on any atom is 0.222 e. The van der Waals surface area contributed by atoms with Crippen LogP contribution in [0.3, 0.4) is 0 Å². The summed E-state index contributed by atoms with van der Waals surface area (Å²) in [7, 11) is 0. The molecule has 1 fully saturated rings. The van der Waals surface area contributed by atoms with Crippen molar-refractivity contribution in [2.45, 2.75) is 38.0 Å². The van der Waals surface area contributed by atoms with Crippen LogP contribution in [0.15, 0.2) is 72.8 Å². The number of rotatable bonds is 6. The standard InChI is InChI=1S/C26H27FN2O/c27-23-9-4-8-21(18-23)19-24-10-5-11-25(28-24)22-14-16-29(17-15-22)26(30)13-12-20-6-2-1-3-7-20/h1-11,18,22H,12-17,19H2. The quantitative estimate of drug-likeness (QED) is 0.571. The summed E-state index contributed by atoms with van der Waals surface area (Å²) in [5, 5.41) is 0. The van der Waals surface area contributed by atoms with Crippen molar-refractivity contribution in [3.05, 3.63) is 101 Å². The lowest BCUT2D eigenvalue weighted by Crippen LogP contribution is -2.38. The number of benzene rings is 2. The smallest absolute Gasteiger partial charge is 0.222 e. The van der Waals surface area contributed by atoms with Gasteiger partial charge >= 0.3 is 0 Å². The lowest BCUT2D eigenvalue weighted by atomic mass is 9.92. The third-order valence-electron chi connectivity index (χ3n) is 5.84. The third kappa shape index (κ3) is 5.32. The number of carbonyl (C=O) groups excluding carboxylic acids is 1. The Morgan fingerprint density at radius 3 is 2.43 bits per heavy atom. The highest BCUT2D eigenvalue weighted by atomic mass is 19.1. The monoisotopic (exact) mass is 402 g/mol. The van der Waals surface area contributed by atoms with Crippen molar-refractivity contribution in [1.82, 2.24) is 9.88 Å². The molecule has 3 aromatic rings. The lowest BCUT2D eigenvalue weighted by molar-refractivity contribution is -0.132. The maximum absolute atomic E-state index is 13.4. The van der Waals surface area contributed by atoms with Crippen LogP contribution in [0.25, 0.3) is 0 Å². The summed E-state index contributed by atoms with van der Waals surface area (Å²) in [6.45, 7) is 1.57. The summed E-state index contributed by atoms with van der Waals surface area (Å²) in [5.74, 6) is 0.397. The number of aryl methyl sites for hydroxylation is 1. The topological polar surface area (TPSA) is 33.2 Å². The number of aromatic nitrogens is 1. The molecule has 154 valence electrons. The molecule has 30 heavy (non-hydrogen) atoms. The first-order valence-corrected chi connectivity index (χ1v) is 10.7. The average molecular weight is 403 g/mol. The molecule has 1 aromatic heterocycles. The molecule has 0 N–H and O–H groups in total. The first kappa shape index (κ1) is 20.3. The van der Waals surface area contributed by atoms with Crippen molar-refractivity contribution in [1.29, 1.82) is 0 Å². The SMILES string of the molecule is O=C(CCc1ccccc1)N1CCC(c2cccc(Cc3cccc(F)c3)n2)CC1. The first-order valence-electron chi connectivity index (χ1n) is 10.7. The van der Waals surface area contributed by atoms with Crippen molar-refractivity contribution in [2.75, 3.05) is 13.1 Å². The van der Waals surface area contributed by atoms with E-state index in [1.807, 2.05) is 41.3 Å². The predicted octanol–water partition coefficient (Wildman–Crippen LogP) is 5.15. The van der Waals surface area contributed by atoms with Crippen molar-refractivity contribution in [3.63, 3.8) is 0 Å². The first-order chi connectivity index (χ1) is 14.7. The number of amides is 1. The summed E-state index contributed by atoms with van der Waals surface area (Å²) in [4.78, 5) is 19.4. The van der Waals surface area contributed by atoms with Crippen LogP contribution in [0.4, 0.5) is 4.39 Å². The fourth-order valence-electron chi connectivity index (χ4n) is 4.16. The summed E-state index contributed by atoms with van der Waals surface area (Å²) < 4.78 is 13.4. The van der Waals surface area contributed by atoms with E-state index in [1.54, 1.807) is 12.1 Å². The van der Waals surface area contributed by atoms with Crippen LogP contribution in [-0.4, -0.2) is 28.9 Å². The zero-order valence-corrected chi connectivity index (χ0v) is 17.1. The Kier molecular flexibility index (Phi) is 6.53. The highest BCUT2D eigenvalue weighted by molar-refractivity contribution is 5.76. The minimum absolute atomic E-state index is 0.215. The van der Waals surface area contributed by atoms with E-state index in [2.05, 4.69) is 18.2 Å². The molecule has 4 rings (SSSR count). The van der Waals surface area contributed by atoms with Gasteiger partial charge < -0.3 is 4.90 Å². The summed E-state index contributed by atoms with van der Waals surface area (Å²) in [6.07, 6.45) is 3.86. The number of carbonyl (C=O) groups is 1. The van der Waals surface area contributed by atoms with Crippen molar-refractivity contribution < 1.29 is 9.18 Å².